The number of rotatable bonds is 7. The predicted molar refractivity (Wildman–Crippen MR) is 119 cm³/mol. The van der Waals surface area contributed by atoms with E-state index in [1.54, 1.807) is 12.1 Å². The lowest BCUT2D eigenvalue weighted by atomic mass is 10.0. The van der Waals surface area contributed by atoms with Crippen LogP contribution >= 0.6 is 11.8 Å². The standard InChI is InChI=1S/C21H24FN3O4S2/c1-13(2)14-3-9-17(10-4-14)31(28,29)18-11-23-21(25-20(18)27)30-12-19(26)24-16-7-5-15(22)6-8-16/h3-10,13,18,21,23H,11-12H2,1-2H3,(H,24,26)(H,25,27). The summed E-state index contributed by atoms with van der Waals surface area (Å²) in [5.41, 5.74) is 0.879. The molecule has 2 aromatic carbocycles. The number of carbonyl (C=O) groups is 2. The van der Waals surface area contributed by atoms with Gasteiger partial charge in [0.1, 0.15) is 11.3 Å². The summed E-state index contributed by atoms with van der Waals surface area (Å²) < 4.78 is 38.7. The van der Waals surface area contributed by atoms with Gasteiger partial charge < -0.3 is 10.6 Å². The summed E-state index contributed by atoms with van der Waals surface area (Å²) in [5.74, 6) is -1.05. The summed E-state index contributed by atoms with van der Waals surface area (Å²) in [4.78, 5) is 24.6. The van der Waals surface area contributed by atoms with Crippen LogP contribution in [0.5, 0.6) is 0 Å². The Balaban J connectivity index is 1.54. The molecule has 2 amide bonds. The van der Waals surface area contributed by atoms with Crippen molar-refractivity contribution in [3.8, 4) is 0 Å². The largest absolute Gasteiger partial charge is 0.331 e. The summed E-state index contributed by atoms with van der Waals surface area (Å²) >= 11 is 1.12. The number of hydrogen-bond acceptors (Lipinski definition) is 6. The molecule has 3 rings (SSSR count). The monoisotopic (exact) mass is 465 g/mol. The summed E-state index contributed by atoms with van der Waals surface area (Å²) in [6.45, 7) is 3.97. The predicted octanol–water partition coefficient (Wildman–Crippen LogP) is 2.47. The quantitative estimate of drug-likeness (QED) is 0.580. The van der Waals surface area contributed by atoms with Crippen LogP contribution in [-0.2, 0) is 19.4 Å². The molecule has 0 radical (unpaired) electrons. The lowest BCUT2D eigenvalue weighted by Gasteiger charge is -2.29. The van der Waals surface area contributed by atoms with Crippen molar-refractivity contribution in [2.45, 2.75) is 35.4 Å². The molecule has 1 aliphatic heterocycles. The summed E-state index contributed by atoms with van der Waals surface area (Å²) in [5, 5.41) is 6.93. The molecule has 166 valence electrons. The Hall–Kier alpha value is -2.43. The highest BCUT2D eigenvalue weighted by Crippen LogP contribution is 2.22. The zero-order chi connectivity index (χ0) is 22.6. The van der Waals surface area contributed by atoms with E-state index in [2.05, 4.69) is 16.0 Å². The zero-order valence-electron chi connectivity index (χ0n) is 17.1. The van der Waals surface area contributed by atoms with Crippen molar-refractivity contribution in [3.63, 3.8) is 0 Å². The second-order valence-electron chi connectivity index (χ2n) is 7.42. The van der Waals surface area contributed by atoms with Crippen LogP contribution in [-0.4, -0.2) is 43.3 Å². The Labute approximate surface area is 185 Å². The maximum absolute atomic E-state index is 12.9. The number of halogens is 1. The van der Waals surface area contributed by atoms with Gasteiger partial charge in [-0.25, -0.2) is 12.8 Å². The Morgan fingerprint density at radius 3 is 2.39 bits per heavy atom. The van der Waals surface area contributed by atoms with Crippen LogP contribution in [0.25, 0.3) is 0 Å². The smallest absolute Gasteiger partial charge is 0.241 e. The lowest BCUT2D eigenvalue weighted by molar-refractivity contribution is -0.122. The first kappa shape index (κ1) is 23.2. The van der Waals surface area contributed by atoms with Crippen molar-refractivity contribution in [2.75, 3.05) is 17.6 Å². The molecule has 0 spiro atoms. The first-order chi connectivity index (χ1) is 14.7. The van der Waals surface area contributed by atoms with E-state index in [1.807, 2.05) is 13.8 Å². The molecular weight excluding hydrogens is 441 g/mol. The number of sulfone groups is 1. The first-order valence-corrected chi connectivity index (χ1v) is 12.3. The third kappa shape index (κ3) is 5.84. The van der Waals surface area contributed by atoms with Gasteiger partial charge in [-0.3, -0.25) is 14.9 Å². The van der Waals surface area contributed by atoms with E-state index in [9.17, 15) is 22.4 Å². The van der Waals surface area contributed by atoms with Gasteiger partial charge >= 0.3 is 0 Å². The van der Waals surface area contributed by atoms with Gasteiger partial charge in [-0.15, -0.1) is 11.8 Å². The van der Waals surface area contributed by atoms with E-state index in [-0.39, 0.29) is 29.0 Å². The molecule has 1 fully saturated rings. The van der Waals surface area contributed by atoms with E-state index < -0.39 is 32.3 Å². The molecule has 2 unspecified atom stereocenters. The molecule has 10 heteroatoms. The fourth-order valence-corrected chi connectivity index (χ4v) is 5.34. The van der Waals surface area contributed by atoms with Crippen LogP contribution in [0.3, 0.4) is 0 Å². The fraction of sp³-hybridized carbons (Fsp3) is 0.333. The lowest BCUT2D eigenvalue weighted by Crippen LogP contribution is -2.59. The van der Waals surface area contributed by atoms with Gasteiger partial charge in [-0.2, -0.15) is 0 Å². The molecule has 3 N–H and O–H groups in total. The average Bonchev–Trinajstić information content (AvgIpc) is 2.74. The van der Waals surface area contributed by atoms with Gasteiger partial charge in [0.25, 0.3) is 0 Å². The third-order valence-corrected chi connectivity index (χ3v) is 7.92. The van der Waals surface area contributed by atoms with Crippen LogP contribution in [0.2, 0.25) is 0 Å². The van der Waals surface area contributed by atoms with E-state index in [1.165, 1.54) is 36.4 Å². The van der Waals surface area contributed by atoms with Crippen molar-refractivity contribution in [1.82, 2.24) is 10.6 Å². The molecule has 1 saturated heterocycles. The summed E-state index contributed by atoms with van der Waals surface area (Å²) in [6, 6.07) is 11.9. The Kier molecular flexibility index (Phi) is 7.34. The molecule has 0 bridgehead atoms. The third-order valence-electron chi connectivity index (χ3n) is 4.81. The zero-order valence-corrected chi connectivity index (χ0v) is 18.7. The molecular formula is C21H24FN3O4S2. The van der Waals surface area contributed by atoms with Gasteiger partial charge in [0.05, 0.1) is 10.6 Å². The van der Waals surface area contributed by atoms with Gasteiger partial charge in [0.15, 0.2) is 15.1 Å². The molecule has 2 atom stereocenters. The Bertz CT molecular complexity index is 1040. The summed E-state index contributed by atoms with van der Waals surface area (Å²) in [7, 11) is -3.85. The van der Waals surface area contributed by atoms with Crippen molar-refractivity contribution < 1.29 is 22.4 Å². The van der Waals surface area contributed by atoms with Crippen LogP contribution in [0.4, 0.5) is 10.1 Å². The van der Waals surface area contributed by atoms with Crippen molar-refractivity contribution in [3.05, 3.63) is 59.9 Å². The van der Waals surface area contributed by atoms with Crippen LogP contribution < -0.4 is 16.0 Å². The van der Waals surface area contributed by atoms with E-state index in [0.29, 0.717) is 5.69 Å². The fourth-order valence-electron chi connectivity index (χ4n) is 3.03. The minimum absolute atomic E-state index is 0.0173. The Morgan fingerprint density at radius 1 is 1.16 bits per heavy atom. The number of hydrogen-bond donors (Lipinski definition) is 3. The highest BCUT2D eigenvalue weighted by atomic mass is 32.2. The molecule has 1 heterocycles. The van der Waals surface area contributed by atoms with Gasteiger partial charge in [0.2, 0.25) is 11.8 Å². The number of benzene rings is 2. The molecule has 0 aliphatic carbocycles. The minimum Gasteiger partial charge on any atom is -0.331 e. The van der Waals surface area contributed by atoms with E-state index in [4.69, 9.17) is 0 Å². The van der Waals surface area contributed by atoms with E-state index >= 15 is 0 Å². The second kappa shape index (κ2) is 9.80. The average molecular weight is 466 g/mol. The topological polar surface area (TPSA) is 104 Å². The van der Waals surface area contributed by atoms with Crippen molar-refractivity contribution in [2.24, 2.45) is 0 Å². The maximum atomic E-state index is 12.9. The van der Waals surface area contributed by atoms with E-state index in [0.717, 1.165) is 17.3 Å². The second-order valence-corrected chi connectivity index (χ2v) is 10.6. The highest BCUT2D eigenvalue weighted by Gasteiger charge is 2.38. The molecule has 1 aliphatic rings. The Morgan fingerprint density at radius 2 is 1.81 bits per heavy atom. The summed E-state index contributed by atoms with van der Waals surface area (Å²) in [6.07, 6.45) is 0. The number of amides is 2. The number of anilines is 1. The van der Waals surface area contributed by atoms with Crippen LogP contribution in [0.1, 0.15) is 25.3 Å². The number of carbonyl (C=O) groups excluding carboxylic acids is 2. The first-order valence-electron chi connectivity index (χ1n) is 9.71. The molecule has 31 heavy (non-hydrogen) atoms. The van der Waals surface area contributed by atoms with Crippen molar-refractivity contribution >= 4 is 39.1 Å². The number of nitrogens with one attached hydrogen (secondary N) is 3. The normalized spacial score (nSPS) is 19.2. The number of thioether (sulfide) groups is 1. The molecule has 2 aromatic rings. The molecule has 0 aromatic heterocycles. The minimum atomic E-state index is -3.85. The van der Waals surface area contributed by atoms with Gasteiger partial charge in [-0.1, -0.05) is 26.0 Å². The SMILES string of the molecule is CC(C)c1ccc(S(=O)(=O)C2CNC(SCC(=O)Nc3ccc(F)cc3)NC2=O)cc1. The van der Waals surface area contributed by atoms with Crippen LogP contribution in [0.15, 0.2) is 53.4 Å². The van der Waals surface area contributed by atoms with Gasteiger partial charge in [-0.05, 0) is 47.9 Å². The van der Waals surface area contributed by atoms with Crippen LogP contribution in [0, 0.1) is 5.82 Å². The molecule has 0 saturated carbocycles. The van der Waals surface area contributed by atoms with Crippen molar-refractivity contribution in [1.29, 1.82) is 0 Å². The molecule has 7 nitrogen and oxygen atoms in total. The highest BCUT2D eigenvalue weighted by molar-refractivity contribution is 8.00. The maximum Gasteiger partial charge on any atom is 0.241 e. The van der Waals surface area contributed by atoms with Gasteiger partial charge in [0, 0.05) is 12.2 Å².